The Bertz CT molecular complexity index is 384. The standard InChI is InChI=1S/C11H14F3NO2S.ClH/c1-17-10(16)8(5-7-3-2-4-18-7)9(15)6-11(12,13)14;/h2-4,8-9H,5-6,15H2,1H3;1H. The van der Waals surface area contributed by atoms with Gasteiger partial charge in [-0.25, -0.2) is 0 Å². The molecule has 0 bridgehead atoms. The molecule has 0 spiro atoms. The smallest absolute Gasteiger partial charge is 0.390 e. The normalized spacial score (nSPS) is 14.4. The first-order valence-electron chi connectivity index (χ1n) is 5.26. The number of halogens is 4. The van der Waals surface area contributed by atoms with E-state index in [9.17, 15) is 18.0 Å². The Balaban J connectivity index is 0.00000324. The summed E-state index contributed by atoms with van der Waals surface area (Å²) in [7, 11) is 1.14. The second-order valence-electron chi connectivity index (χ2n) is 3.90. The number of ether oxygens (including phenoxy) is 1. The second-order valence-corrected chi connectivity index (χ2v) is 4.93. The van der Waals surface area contributed by atoms with E-state index in [-0.39, 0.29) is 18.8 Å². The highest BCUT2D eigenvalue weighted by atomic mass is 35.5. The van der Waals surface area contributed by atoms with Gasteiger partial charge in [-0.2, -0.15) is 13.2 Å². The van der Waals surface area contributed by atoms with Crippen LogP contribution in [0.5, 0.6) is 0 Å². The Kier molecular flexibility index (Phi) is 7.39. The van der Waals surface area contributed by atoms with Gasteiger partial charge < -0.3 is 10.5 Å². The van der Waals surface area contributed by atoms with Gasteiger partial charge in [0.25, 0.3) is 0 Å². The number of methoxy groups -OCH3 is 1. The first kappa shape index (κ1) is 18.2. The summed E-state index contributed by atoms with van der Waals surface area (Å²) in [6.45, 7) is 0. The van der Waals surface area contributed by atoms with Gasteiger partial charge in [-0.05, 0) is 17.9 Å². The highest BCUT2D eigenvalue weighted by Gasteiger charge is 2.37. The van der Waals surface area contributed by atoms with E-state index in [1.54, 1.807) is 17.5 Å². The van der Waals surface area contributed by atoms with Crippen LogP contribution in [0.2, 0.25) is 0 Å². The summed E-state index contributed by atoms with van der Waals surface area (Å²) in [6, 6.07) is 2.23. The van der Waals surface area contributed by atoms with Crippen molar-refractivity contribution < 1.29 is 22.7 Å². The monoisotopic (exact) mass is 317 g/mol. The van der Waals surface area contributed by atoms with Crippen molar-refractivity contribution in [3.05, 3.63) is 22.4 Å². The van der Waals surface area contributed by atoms with Crippen LogP contribution in [0.3, 0.4) is 0 Å². The summed E-state index contributed by atoms with van der Waals surface area (Å²) in [5.74, 6) is -1.68. The van der Waals surface area contributed by atoms with Crippen LogP contribution < -0.4 is 5.73 Å². The van der Waals surface area contributed by atoms with Crippen LogP contribution in [0.25, 0.3) is 0 Å². The molecule has 8 heteroatoms. The molecule has 0 fully saturated rings. The van der Waals surface area contributed by atoms with Crippen molar-refractivity contribution >= 4 is 29.7 Å². The SMILES string of the molecule is COC(=O)C(Cc1cccs1)C(N)CC(F)(F)F.Cl. The van der Waals surface area contributed by atoms with Gasteiger partial charge in [0.15, 0.2) is 0 Å². The van der Waals surface area contributed by atoms with Crippen LogP contribution in [0.15, 0.2) is 17.5 Å². The lowest BCUT2D eigenvalue weighted by Gasteiger charge is -2.22. The van der Waals surface area contributed by atoms with Gasteiger partial charge in [-0.3, -0.25) is 4.79 Å². The number of rotatable bonds is 5. The lowest BCUT2D eigenvalue weighted by atomic mass is 9.93. The third kappa shape index (κ3) is 6.26. The third-order valence-electron chi connectivity index (χ3n) is 2.49. The first-order chi connectivity index (χ1) is 8.33. The topological polar surface area (TPSA) is 52.3 Å². The lowest BCUT2D eigenvalue weighted by Crippen LogP contribution is -2.40. The van der Waals surface area contributed by atoms with E-state index >= 15 is 0 Å². The maximum atomic E-state index is 12.3. The van der Waals surface area contributed by atoms with E-state index in [4.69, 9.17) is 5.73 Å². The van der Waals surface area contributed by atoms with E-state index in [1.807, 2.05) is 0 Å². The minimum atomic E-state index is -4.39. The largest absolute Gasteiger partial charge is 0.469 e. The highest BCUT2D eigenvalue weighted by Crippen LogP contribution is 2.26. The number of carbonyl (C=O) groups is 1. The van der Waals surface area contributed by atoms with Crippen molar-refractivity contribution in [2.45, 2.75) is 25.1 Å². The van der Waals surface area contributed by atoms with E-state index in [1.165, 1.54) is 11.3 Å². The molecule has 0 saturated heterocycles. The number of alkyl halides is 3. The van der Waals surface area contributed by atoms with Crippen LogP contribution in [-0.4, -0.2) is 25.3 Å². The molecule has 1 aromatic rings. The van der Waals surface area contributed by atoms with E-state index in [0.29, 0.717) is 0 Å². The van der Waals surface area contributed by atoms with Crippen molar-refractivity contribution in [1.29, 1.82) is 0 Å². The van der Waals surface area contributed by atoms with Gasteiger partial charge in [0.2, 0.25) is 0 Å². The summed E-state index contributed by atoms with van der Waals surface area (Å²) in [5, 5.41) is 1.79. The molecule has 0 aliphatic heterocycles. The maximum Gasteiger partial charge on any atom is 0.390 e. The quantitative estimate of drug-likeness (QED) is 0.850. The van der Waals surface area contributed by atoms with Crippen molar-refractivity contribution in [1.82, 2.24) is 0 Å². The second kappa shape index (κ2) is 7.72. The molecule has 1 aromatic heterocycles. The van der Waals surface area contributed by atoms with Gasteiger partial charge in [-0.15, -0.1) is 23.7 Å². The fourth-order valence-corrected chi connectivity index (χ4v) is 2.38. The van der Waals surface area contributed by atoms with Gasteiger partial charge in [0.1, 0.15) is 0 Å². The van der Waals surface area contributed by atoms with Gasteiger partial charge >= 0.3 is 12.1 Å². The summed E-state index contributed by atoms with van der Waals surface area (Å²) < 4.78 is 41.4. The average molecular weight is 318 g/mol. The number of esters is 1. The molecule has 2 unspecified atom stereocenters. The number of hydrogen-bond acceptors (Lipinski definition) is 4. The van der Waals surface area contributed by atoms with Crippen LogP contribution in [0, 0.1) is 5.92 Å². The Morgan fingerprint density at radius 1 is 1.53 bits per heavy atom. The minimum Gasteiger partial charge on any atom is -0.469 e. The van der Waals surface area contributed by atoms with Crippen LogP contribution in [0.1, 0.15) is 11.3 Å². The minimum absolute atomic E-state index is 0. The van der Waals surface area contributed by atoms with E-state index < -0.39 is 30.5 Å². The maximum absolute atomic E-state index is 12.3. The zero-order chi connectivity index (χ0) is 13.8. The average Bonchev–Trinajstić information content (AvgIpc) is 2.75. The van der Waals surface area contributed by atoms with E-state index in [0.717, 1.165) is 12.0 Å². The van der Waals surface area contributed by atoms with Gasteiger partial charge in [0, 0.05) is 10.9 Å². The summed E-state index contributed by atoms with van der Waals surface area (Å²) in [4.78, 5) is 12.3. The Labute approximate surface area is 119 Å². The molecule has 110 valence electrons. The fraction of sp³-hybridized carbons (Fsp3) is 0.545. The Morgan fingerprint density at radius 2 is 2.16 bits per heavy atom. The summed E-state index contributed by atoms with van der Waals surface area (Å²) in [5.41, 5.74) is 5.48. The molecule has 0 amide bonds. The molecule has 0 saturated carbocycles. The zero-order valence-electron chi connectivity index (χ0n) is 10.1. The first-order valence-corrected chi connectivity index (χ1v) is 6.14. The molecule has 0 aromatic carbocycles. The molecule has 2 atom stereocenters. The van der Waals surface area contributed by atoms with Crippen molar-refractivity contribution in [2.75, 3.05) is 7.11 Å². The third-order valence-corrected chi connectivity index (χ3v) is 3.39. The molecule has 0 aliphatic rings. The van der Waals surface area contributed by atoms with Crippen LogP contribution >= 0.6 is 23.7 Å². The van der Waals surface area contributed by atoms with Crippen LogP contribution in [0.4, 0.5) is 13.2 Å². The summed E-state index contributed by atoms with van der Waals surface area (Å²) >= 11 is 1.37. The molecule has 3 nitrogen and oxygen atoms in total. The predicted octanol–water partition coefficient (Wildman–Crippen LogP) is 2.78. The number of nitrogens with two attached hydrogens (primary N) is 1. The molecular formula is C11H15ClF3NO2S. The number of thiophene rings is 1. The molecule has 2 N–H and O–H groups in total. The van der Waals surface area contributed by atoms with Crippen molar-refractivity contribution in [2.24, 2.45) is 11.7 Å². The van der Waals surface area contributed by atoms with E-state index in [2.05, 4.69) is 4.74 Å². The predicted molar refractivity (Wildman–Crippen MR) is 69.4 cm³/mol. The number of hydrogen-bond donors (Lipinski definition) is 1. The molecule has 1 rings (SSSR count). The Morgan fingerprint density at radius 3 is 2.58 bits per heavy atom. The van der Waals surface area contributed by atoms with Gasteiger partial charge in [-0.1, -0.05) is 6.07 Å². The summed E-state index contributed by atoms with van der Waals surface area (Å²) in [6.07, 6.45) is -5.42. The molecule has 0 aliphatic carbocycles. The number of carbonyl (C=O) groups excluding carboxylic acids is 1. The zero-order valence-corrected chi connectivity index (χ0v) is 11.8. The van der Waals surface area contributed by atoms with Crippen molar-refractivity contribution in [3.63, 3.8) is 0 Å². The molecular weight excluding hydrogens is 303 g/mol. The molecule has 0 radical (unpaired) electrons. The van der Waals surface area contributed by atoms with Crippen LogP contribution in [-0.2, 0) is 16.0 Å². The molecule has 1 heterocycles. The van der Waals surface area contributed by atoms with Gasteiger partial charge in [0.05, 0.1) is 19.4 Å². The van der Waals surface area contributed by atoms with Crippen molar-refractivity contribution in [3.8, 4) is 0 Å². The molecule has 19 heavy (non-hydrogen) atoms. The highest BCUT2D eigenvalue weighted by molar-refractivity contribution is 7.09. The fourth-order valence-electron chi connectivity index (χ4n) is 1.62. The Hall–Kier alpha value is -0.790. The lowest BCUT2D eigenvalue weighted by molar-refractivity contribution is -0.153.